The van der Waals surface area contributed by atoms with Crippen LogP contribution in [0.5, 0.6) is 5.75 Å². The number of amides is 1. The molecule has 1 amide bonds. The minimum Gasteiger partial charge on any atom is -0.481 e. The summed E-state index contributed by atoms with van der Waals surface area (Å²) in [6.07, 6.45) is -1.53. The Balaban J connectivity index is 2.82. The Hall–Kier alpha value is -2.63. The average Bonchev–Trinajstić information content (AvgIpc) is 2.61. The maximum absolute atomic E-state index is 12.5. The van der Waals surface area contributed by atoms with Gasteiger partial charge in [0.05, 0.1) is 0 Å². The third-order valence-electron chi connectivity index (χ3n) is 3.94. The van der Waals surface area contributed by atoms with E-state index < -0.39 is 28.7 Å². The van der Waals surface area contributed by atoms with E-state index in [0.717, 1.165) is 0 Å². The highest BCUT2D eigenvalue weighted by molar-refractivity contribution is 5.94. The fourth-order valence-electron chi connectivity index (χ4n) is 2.19. The van der Waals surface area contributed by atoms with Crippen molar-refractivity contribution >= 4 is 5.91 Å². The molecule has 0 aliphatic carbocycles. The molecule has 1 rings (SSSR count). The molecule has 0 bridgehead atoms. The van der Waals surface area contributed by atoms with Gasteiger partial charge in [0, 0.05) is 36.9 Å². The Morgan fingerprint density at radius 2 is 1.82 bits per heavy atom. The second-order valence-corrected chi connectivity index (χ2v) is 7.85. The van der Waals surface area contributed by atoms with Gasteiger partial charge in [0.25, 0.3) is 5.91 Å². The molecule has 0 aromatic heterocycles. The lowest BCUT2D eigenvalue weighted by Crippen LogP contribution is -2.59. The van der Waals surface area contributed by atoms with Crippen LogP contribution in [0.4, 0.5) is 0 Å². The lowest BCUT2D eigenvalue weighted by atomic mass is 9.94. The zero-order chi connectivity index (χ0) is 21.5. The molecular formula is C20H28N2O6. The highest BCUT2D eigenvalue weighted by atomic mass is 16.6. The molecule has 0 saturated heterocycles. The van der Waals surface area contributed by atoms with Crippen LogP contribution in [0.15, 0.2) is 24.3 Å². The zero-order valence-electron chi connectivity index (χ0n) is 17.1. The number of hydrogen-bond acceptors (Lipinski definition) is 6. The minimum atomic E-state index is -1.64. The molecule has 2 atom stereocenters. The predicted molar refractivity (Wildman–Crippen MR) is 105 cm³/mol. The molecule has 8 nitrogen and oxygen atoms in total. The van der Waals surface area contributed by atoms with Crippen LogP contribution < -0.4 is 10.1 Å². The first kappa shape index (κ1) is 23.4. The van der Waals surface area contributed by atoms with Crippen LogP contribution in [0.3, 0.4) is 0 Å². The van der Waals surface area contributed by atoms with Crippen molar-refractivity contribution in [1.29, 1.82) is 0 Å². The molecular weight excluding hydrogens is 364 g/mol. The van der Waals surface area contributed by atoms with E-state index >= 15 is 0 Å². The number of hydrogen-bond donors (Lipinski definition) is 2. The number of methoxy groups -OCH3 is 1. The summed E-state index contributed by atoms with van der Waals surface area (Å²) < 4.78 is 10.3. The molecule has 0 fully saturated rings. The minimum absolute atomic E-state index is 0.105. The van der Waals surface area contributed by atoms with Gasteiger partial charge in [-0.3, -0.25) is 14.9 Å². The molecule has 8 heteroatoms. The summed E-state index contributed by atoms with van der Waals surface area (Å²) in [4.78, 5) is 23.2. The number of benzene rings is 1. The molecule has 1 aromatic carbocycles. The number of nitro groups is 1. The van der Waals surface area contributed by atoms with Gasteiger partial charge in [-0.2, -0.15) is 0 Å². The van der Waals surface area contributed by atoms with Crippen LogP contribution in [-0.2, 0) is 4.74 Å². The summed E-state index contributed by atoms with van der Waals surface area (Å²) in [6.45, 7) is 8.83. The third kappa shape index (κ3) is 6.83. The van der Waals surface area contributed by atoms with Crippen LogP contribution in [0.1, 0.15) is 45.0 Å². The molecule has 2 unspecified atom stereocenters. The van der Waals surface area contributed by atoms with Crippen LogP contribution in [0, 0.1) is 27.4 Å². The van der Waals surface area contributed by atoms with E-state index in [0.29, 0.717) is 5.75 Å². The molecule has 2 N–H and O–H groups in total. The van der Waals surface area contributed by atoms with Crippen molar-refractivity contribution in [3.05, 3.63) is 39.9 Å². The van der Waals surface area contributed by atoms with Gasteiger partial charge >= 0.3 is 0 Å². The molecule has 0 aliphatic heterocycles. The monoisotopic (exact) mass is 392 g/mol. The van der Waals surface area contributed by atoms with Gasteiger partial charge < -0.3 is 19.9 Å². The largest absolute Gasteiger partial charge is 0.481 e. The first-order chi connectivity index (χ1) is 12.9. The van der Waals surface area contributed by atoms with Gasteiger partial charge in [-0.05, 0) is 45.0 Å². The molecule has 0 saturated carbocycles. The fourth-order valence-corrected chi connectivity index (χ4v) is 2.19. The van der Waals surface area contributed by atoms with Gasteiger partial charge in [-0.15, -0.1) is 0 Å². The van der Waals surface area contributed by atoms with Crippen molar-refractivity contribution in [3.63, 3.8) is 0 Å². The van der Waals surface area contributed by atoms with E-state index in [1.54, 1.807) is 12.1 Å². The normalized spacial score (nSPS) is 13.7. The second kappa shape index (κ2) is 9.53. The predicted octanol–water partition coefficient (Wildman–Crippen LogP) is 2.23. The molecule has 28 heavy (non-hydrogen) atoms. The van der Waals surface area contributed by atoms with Gasteiger partial charge in [0.1, 0.15) is 18.4 Å². The first-order valence-electron chi connectivity index (χ1n) is 8.77. The van der Waals surface area contributed by atoms with E-state index in [9.17, 15) is 20.0 Å². The number of aliphatic hydroxyl groups excluding tert-OH is 1. The van der Waals surface area contributed by atoms with Gasteiger partial charge in [0.15, 0.2) is 6.29 Å². The highest BCUT2D eigenvalue weighted by Crippen LogP contribution is 2.19. The van der Waals surface area contributed by atoms with Crippen molar-refractivity contribution in [2.24, 2.45) is 5.41 Å². The van der Waals surface area contributed by atoms with E-state index in [4.69, 9.17) is 9.47 Å². The topological polar surface area (TPSA) is 111 Å². The lowest BCUT2D eigenvalue weighted by molar-refractivity contribution is -0.569. The highest BCUT2D eigenvalue weighted by Gasteiger charge is 2.46. The van der Waals surface area contributed by atoms with E-state index in [-0.39, 0.29) is 17.6 Å². The summed E-state index contributed by atoms with van der Waals surface area (Å²) in [7, 11) is 1.20. The third-order valence-corrected chi connectivity index (χ3v) is 3.94. The standard InChI is InChI=1S/C20H28N2O6/c1-19(2,3)12-7-13-28-15-10-8-14(9-11-15)17(23)21-16(18(24)27-6)20(4,5)22(25)26/h8-11,16,18,24H,13H2,1-6H3,(H,21,23). The summed E-state index contributed by atoms with van der Waals surface area (Å²) in [5.41, 5.74) is -1.48. The van der Waals surface area contributed by atoms with Crippen LogP contribution in [0.2, 0.25) is 0 Å². The number of carbonyl (C=O) groups excluding carboxylic acids is 1. The first-order valence-corrected chi connectivity index (χ1v) is 8.77. The Morgan fingerprint density at radius 1 is 1.25 bits per heavy atom. The van der Waals surface area contributed by atoms with Crippen LogP contribution in [-0.4, -0.2) is 47.5 Å². The number of rotatable bonds is 8. The fraction of sp³-hybridized carbons (Fsp3) is 0.550. The van der Waals surface area contributed by atoms with Gasteiger partial charge in [-0.25, -0.2) is 0 Å². The maximum atomic E-state index is 12.5. The number of nitrogens with one attached hydrogen (secondary N) is 1. The van der Waals surface area contributed by atoms with Crippen molar-refractivity contribution in [2.75, 3.05) is 13.7 Å². The van der Waals surface area contributed by atoms with Gasteiger partial charge in [-0.1, -0.05) is 11.8 Å². The maximum Gasteiger partial charge on any atom is 0.251 e. The van der Waals surface area contributed by atoms with E-state index in [1.807, 2.05) is 20.8 Å². The van der Waals surface area contributed by atoms with Crippen molar-refractivity contribution in [3.8, 4) is 17.6 Å². The average molecular weight is 392 g/mol. The quantitative estimate of drug-likeness (QED) is 0.304. The van der Waals surface area contributed by atoms with Crippen molar-refractivity contribution < 1.29 is 24.3 Å². The number of aliphatic hydroxyl groups is 1. The Kier molecular flexibility index (Phi) is 7.97. The van der Waals surface area contributed by atoms with Crippen molar-refractivity contribution in [1.82, 2.24) is 5.32 Å². The Labute approximate surface area is 165 Å². The van der Waals surface area contributed by atoms with Crippen LogP contribution >= 0.6 is 0 Å². The smallest absolute Gasteiger partial charge is 0.251 e. The van der Waals surface area contributed by atoms with E-state index in [1.165, 1.54) is 33.1 Å². The second-order valence-electron chi connectivity index (χ2n) is 7.85. The van der Waals surface area contributed by atoms with E-state index in [2.05, 4.69) is 17.2 Å². The lowest BCUT2D eigenvalue weighted by Gasteiger charge is -2.30. The molecule has 154 valence electrons. The van der Waals surface area contributed by atoms with Crippen molar-refractivity contribution in [2.45, 2.75) is 52.5 Å². The number of nitrogens with zero attached hydrogens (tertiary/aromatic N) is 1. The summed E-state index contributed by atoms with van der Waals surface area (Å²) >= 11 is 0. The summed E-state index contributed by atoms with van der Waals surface area (Å²) in [5.74, 6) is 5.95. The number of carbonyl (C=O) groups is 1. The molecule has 0 spiro atoms. The zero-order valence-corrected chi connectivity index (χ0v) is 17.1. The SMILES string of the molecule is COC(O)C(NC(=O)c1ccc(OCC#CC(C)(C)C)cc1)C(C)(C)[N+](=O)[O-]. The Bertz CT molecular complexity index is 741. The molecule has 0 radical (unpaired) electrons. The summed E-state index contributed by atoms with van der Waals surface area (Å²) in [6, 6.07) is 5.01. The molecule has 1 aromatic rings. The van der Waals surface area contributed by atoms with Gasteiger partial charge in [0.2, 0.25) is 5.54 Å². The number of ether oxygens (including phenoxy) is 2. The Morgan fingerprint density at radius 3 is 2.29 bits per heavy atom. The molecule has 0 aliphatic rings. The molecule has 0 heterocycles. The van der Waals surface area contributed by atoms with Crippen LogP contribution in [0.25, 0.3) is 0 Å². The summed E-state index contributed by atoms with van der Waals surface area (Å²) in [5, 5.41) is 23.7.